The Kier molecular flexibility index (Phi) is 4.40. The molecule has 0 amide bonds. The van der Waals surface area contributed by atoms with E-state index < -0.39 is 0 Å². The van der Waals surface area contributed by atoms with Gasteiger partial charge < -0.3 is 5.73 Å². The van der Waals surface area contributed by atoms with E-state index in [1.807, 2.05) is 0 Å². The average Bonchev–Trinajstić information content (AvgIpc) is 2.37. The van der Waals surface area contributed by atoms with Gasteiger partial charge in [0, 0.05) is 46.5 Å². The van der Waals surface area contributed by atoms with Gasteiger partial charge in [-0.25, -0.2) is 0 Å². The smallest absolute Gasteiger partial charge is 0.141 e. The summed E-state index contributed by atoms with van der Waals surface area (Å²) in [7, 11) is 0. The van der Waals surface area contributed by atoms with E-state index in [-0.39, 0.29) is 18.6 Å². The molecule has 1 heterocycles. The van der Waals surface area contributed by atoms with Crippen LogP contribution in [0.5, 0.6) is 0 Å². The molecule has 5 heteroatoms. The lowest BCUT2D eigenvalue weighted by Gasteiger charge is -2.07. The molecule has 0 aliphatic carbocycles. The van der Waals surface area contributed by atoms with Crippen molar-refractivity contribution in [1.82, 2.24) is 4.98 Å². The first kappa shape index (κ1) is 13.8. The largest absolute Gasteiger partial charge is 0.398 e. The van der Waals surface area contributed by atoms with Crippen molar-refractivity contribution in [3.05, 3.63) is 57.8 Å². The summed E-state index contributed by atoms with van der Waals surface area (Å²) >= 11 is 12.1. The van der Waals surface area contributed by atoms with E-state index in [4.69, 9.17) is 28.9 Å². The Hall–Kier alpha value is -1.58. The molecule has 2 aromatic rings. The molecule has 0 radical (unpaired) electrons. The molecule has 0 bridgehead atoms. The zero-order valence-electron chi connectivity index (χ0n) is 10.1. The minimum absolute atomic E-state index is 0.00491. The number of ketones is 1. The number of hydrogen-bond donors (Lipinski definition) is 1. The van der Waals surface area contributed by atoms with Crippen LogP contribution < -0.4 is 5.73 Å². The van der Waals surface area contributed by atoms with E-state index in [1.54, 1.807) is 36.7 Å². The molecular weight excluding hydrogens is 283 g/mol. The number of rotatable bonds is 4. The van der Waals surface area contributed by atoms with Gasteiger partial charge in [-0.05, 0) is 23.8 Å². The van der Waals surface area contributed by atoms with Crippen molar-refractivity contribution in [3.8, 4) is 0 Å². The molecule has 1 aromatic carbocycles. The van der Waals surface area contributed by atoms with Crippen LogP contribution in [0.2, 0.25) is 10.0 Å². The topological polar surface area (TPSA) is 56.0 Å². The number of pyridine rings is 1. The maximum absolute atomic E-state index is 12.0. The predicted molar refractivity (Wildman–Crippen MR) is 77.5 cm³/mol. The lowest BCUT2D eigenvalue weighted by Crippen LogP contribution is -2.09. The number of aromatic nitrogens is 1. The van der Waals surface area contributed by atoms with Crippen LogP contribution >= 0.6 is 23.2 Å². The number of Topliss-reactive ketones (excluding diaryl/α,β-unsaturated/α-hetero) is 1. The first-order valence-corrected chi connectivity index (χ1v) is 6.46. The van der Waals surface area contributed by atoms with Gasteiger partial charge in [-0.2, -0.15) is 0 Å². The highest BCUT2D eigenvalue weighted by atomic mass is 35.5. The third-order valence-corrected chi connectivity index (χ3v) is 3.47. The van der Waals surface area contributed by atoms with Gasteiger partial charge in [0.15, 0.2) is 0 Å². The van der Waals surface area contributed by atoms with Crippen LogP contribution in [-0.2, 0) is 17.6 Å². The van der Waals surface area contributed by atoms with E-state index >= 15 is 0 Å². The zero-order chi connectivity index (χ0) is 13.8. The maximum atomic E-state index is 12.0. The molecule has 0 saturated heterocycles. The highest BCUT2D eigenvalue weighted by Gasteiger charge is 2.12. The Bertz CT molecular complexity index is 594. The quantitative estimate of drug-likeness (QED) is 0.941. The summed E-state index contributed by atoms with van der Waals surface area (Å²) in [6, 6.07) is 6.85. The fraction of sp³-hybridized carbons (Fsp3) is 0.143. The fourth-order valence-electron chi connectivity index (χ4n) is 1.76. The minimum Gasteiger partial charge on any atom is -0.398 e. The molecule has 0 aliphatic heterocycles. The zero-order valence-corrected chi connectivity index (χ0v) is 11.6. The van der Waals surface area contributed by atoms with Crippen molar-refractivity contribution in [3.63, 3.8) is 0 Å². The van der Waals surface area contributed by atoms with Gasteiger partial charge in [0.1, 0.15) is 5.78 Å². The number of benzene rings is 1. The standard InChI is InChI=1S/C14H12Cl2N2O/c15-12-2-1-3-13(16)11(12)7-10(19)6-9-8-18-5-4-14(9)17/h1-5,8H,6-7H2,(H2,17,18). The van der Waals surface area contributed by atoms with Gasteiger partial charge in [-0.3, -0.25) is 9.78 Å². The second-order valence-electron chi connectivity index (χ2n) is 4.17. The number of carbonyl (C=O) groups excluding carboxylic acids is 1. The van der Waals surface area contributed by atoms with Crippen LogP contribution in [-0.4, -0.2) is 10.8 Å². The second-order valence-corrected chi connectivity index (χ2v) is 4.98. The summed E-state index contributed by atoms with van der Waals surface area (Å²) in [6.07, 6.45) is 3.60. The van der Waals surface area contributed by atoms with Crippen molar-refractivity contribution in [1.29, 1.82) is 0 Å². The van der Waals surface area contributed by atoms with Crippen LogP contribution in [0.25, 0.3) is 0 Å². The number of carbonyl (C=O) groups is 1. The fourth-order valence-corrected chi connectivity index (χ4v) is 2.29. The number of nitrogens with two attached hydrogens (primary N) is 1. The van der Waals surface area contributed by atoms with Crippen LogP contribution in [0, 0.1) is 0 Å². The van der Waals surface area contributed by atoms with Gasteiger partial charge in [-0.1, -0.05) is 29.3 Å². The van der Waals surface area contributed by atoms with Gasteiger partial charge in [0.2, 0.25) is 0 Å². The molecule has 0 atom stereocenters. The van der Waals surface area contributed by atoms with Gasteiger partial charge in [-0.15, -0.1) is 0 Å². The van der Waals surface area contributed by atoms with Crippen LogP contribution in [0.3, 0.4) is 0 Å². The van der Waals surface area contributed by atoms with Crippen molar-refractivity contribution >= 4 is 34.7 Å². The number of anilines is 1. The number of nitrogen functional groups attached to an aromatic ring is 1. The predicted octanol–water partition coefficient (Wildman–Crippen LogP) is 3.32. The SMILES string of the molecule is Nc1ccncc1CC(=O)Cc1c(Cl)cccc1Cl. The van der Waals surface area contributed by atoms with E-state index in [2.05, 4.69) is 4.98 Å². The van der Waals surface area contributed by atoms with Gasteiger partial charge in [0.25, 0.3) is 0 Å². The Labute approximate surface area is 121 Å². The molecule has 19 heavy (non-hydrogen) atoms. The molecule has 0 aliphatic rings. The molecule has 0 saturated carbocycles. The number of halogens is 2. The molecule has 0 fully saturated rings. The molecule has 98 valence electrons. The summed E-state index contributed by atoms with van der Waals surface area (Å²) in [5.41, 5.74) is 7.71. The van der Waals surface area contributed by atoms with E-state index in [0.29, 0.717) is 21.3 Å². The highest BCUT2D eigenvalue weighted by molar-refractivity contribution is 6.36. The average molecular weight is 295 g/mol. The molecule has 0 unspecified atom stereocenters. The number of hydrogen-bond acceptors (Lipinski definition) is 3. The summed E-state index contributed by atoms with van der Waals surface area (Å²) in [5, 5.41) is 1.00. The van der Waals surface area contributed by atoms with E-state index in [0.717, 1.165) is 5.56 Å². The number of nitrogens with zero attached hydrogens (tertiary/aromatic N) is 1. The molecule has 2 N–H and O–H groups in total. The summed E-state index contributed by atoms with van der Waals surface area (Å²) in [5.74, 6) is -0.00491. The van der Waals surface area contributed by atoms with E-state index in [9.17, 15) is 4.79 Å². The first-order chi connectivity index (χ1) is 9.08. The van der Waals surface area contributed by atoms with Crippen molar-refractivity contribution in [2.45, 2.75) is 12.8 Å². The monoisotopic (exact) mass is 294 g/mol. The molecule has 3 nitrogen and oxygen atoms in total. The molecule has 0 spiro atoms. The molecule has 2 rings (SSSR count). The van der Waals surface area contributed by atoms with Gasteiger partial charge in [0.05, 0.1) is 0 Å². The lowest BCUT2D eigenvalue weighted by molar-refractivity contribution is -0.117. The third kappa shape index (κ3) is 3.46. The lowest BCUT2D eigenvalue weighted by atomic mass is 10.0. The first-order valence-electron chi connectivity index (χ1n) is 5.71. The highest BCUT2D eigenvalue weighted by Crippen LogP contribution is 2.25. The summed E-state index contributed by atoms with van der Waals surface area (Å²) in [4.78, 5) is 16.0. The van der Waals surface area contributed by atoms with Gasteiger partial charge >= 0.3 is 0 Å². The molecule has 1 aromatic heterocycles. The second kappa shape index (κ2) is 6.04. The summed E-state index contributed by atoms with van der Waals surface area (Å²) < 4.78 is 0. The van der Waals surface area contributed by atoms with Crippen molar-refractivity contribution in [2.24, 2.45) is 0 Å². The Morgan fingerprint density at radius 2 is 1.84 bits per heavy atom. The third-order valence-electron chi connectivity index (χ3n) is 2.76. The Morgan fingerprint density at radius 1 is 1.16 bits per heavy atom. The van der Waals surface area contributed by atoms with Crippen molar-refractivity contribution in [2.75, 3.05) is 5.73 Å². The van der Waals surface area contributed by atoms with Crippen molar-refractivity contribution < 1.29 is 4.79 Å². The Morgan fingerprint density at radius 3 is 2.47 bits per heavy atom. The summed E-state index contributed by atoms with van der Waals surface area (Å²) in [6.45, 7) is 0. The van der Waals surface area contributed by atoms with Crippen LogP contribution in [0.15, 0.2) is 36.7 Å². The van der Waals surface area contributed by atoms with Crippen LogP contribution in [0.4, 0.5) is 5.69 Å². The maximum Gasteiger partial charge on any atom is 0.141 e. The Balaban J connectivity index is 2.12. The van der Waals surface area contributed by atoms with E-state index in [1.165, 1.54) is 0 Å². The van der Waals surface area contributed by atoms with Crippen LogP contribution in [0.1, 0.15) is 11.1 Å². The molecular formula is C14H12Cl2N2O. The normalized spacial score (nSPS) is 10.4. The minimum atomic E-state index is -0.00491.